The number of rotatable bonds is 7. The lowest BCUT2D eigenvalue weighted by atomic mass is 10.1. The summed E-state index contributed by atoms with van der Waals surface area (Å²) in [4.78, 5) is 5.71. The van der Waals surface area contributed by atoms with E-state index in [0.29, 0.717) is 6.04 Å². The minimum absolute atomic E-state index is 0.448. The molecule has 0 aliphatic heterocycles. The molecule has 0 saturated heterocycles. The molecule has 2 rings (SSSR count). The van der Waals surface area contributed by atoms with Gasteiger partial charge in [0.05, 0.1) is 0 Å². The van der Waals surface area contributed by atoms with Crippen molar-refractivity contribution in [3.8, 4) is 0 Å². The second-order valence-corrected chi connectivity index (χ2v) is 6.55. The summed E-state index contributed by atoms with van der Waals surface area (Å²) >= 11 is 5.35. The predicted octanol–water partition coefficient (Wildman–Crippen LogP) is 4.16. The van der Waals surface area contributed by atoms with Gasteiger partial charge < -0.3 is 5.32 Å². The molecule has 106 valence electrons. The number of nitrogens with zero attached hydrogens (tertiary/aromatic N) is 1. The number of hydrogen-bond donors (Lipinski definition) is 1. The van der Waals surface area contributed by atoms with Gasteiger partial charge in [-0.2, -0.15) is 0 Å². The summed E-state index contributed by atoms with van der Waals surface area (Å²) in [6.45, 7) is 3.13. The number of hydrogen-bond acceptors (Lipinski definition) is 3. The van der Waals surface area contributed by atoms with Gasteiger partial charge in [0.2, 0.25) is 0 Å². The Labute approximate surface area is 133 Å². The van der Waals surface area contributed by atoms with Crippen LogP contribution in [0.3, 0.4) is 0 Å². The van der Waals surface area contributed by atoms with E-state index in [-0.39, 0.29) is 0 Å². The van der Waals surface area contributed by atoms with Gasteiger partial charge in [0.25, 0.3) is 0 Å². The van der Waals surface area contributed by atoms with Gasteiger partial charge in [0.1, 0.15) is 0 Å². The molecule has 1 N–H and O–H groups in total. The Hall–Kier alpha value is -0.840. The van der Waals surface area contributed by atoms with E-state index in [1.807, 2.05) is 30.1 Å². The van der Waals surface area contributed by atoms with E-state index in [1.54, 1.807) is 0 Å². The third kappa shape index (κ3) is 5.27. The Morgan fingerprint density at radius 1 is 1.20 bits per heavy atom. The van der Waals surface area contributed by atoms with Gasteiger partial charge in [-0.15, -0.1) is 11.8 Å². The first-order chi connectivity index (χ1) is 9.78. The smallest absolute Gasteiger partial charge is 0.0419 e. The molecular formula is C16H19BrN2S. The molecule has 0 aliphatic carbocycles. The fraction of sp³-hybridized carbons (Fsp3) is 0.312. The standard InChI is InChI=1S/C16H19BrN2S/c1-2-18-15(11-14-5-3-4-10-19-14)12-20-16-8-6-13(17)7-9-16/h3-10,15,18H,2,11-12H2,1H3. The van der Waals surface area contributed by atoms with Crippen LogP contribution in [-0.4, -0.2) is 23.3 Å². The van der Waals surface area contributed by atoms with Crippen LogP contribution in [0.15, 0.2) is 58.0 Å². The highest BCUT2D eigenvalue weighted by Gasteiger charge is 2.09. The molecule has 0 fully saturated rings. The van der Waals surface area contributed by atoms with E-state index in [9.17, 15) is 0 Å². The van der Waals surface area contributed by atoms with Gasteiger partial charge in [-0.3, -0.25) is 4.98 Å². The molecule has 0 spiro atoms. The van der Waals surface area contributed by atoms with Crippen molar-refractivity contribution in [1.82, 2.24) is 10.3 Å². The van der Waals surface area contributed by atoms with Crippen molar-refractivity contribution in [3.63, 3.8) is 0 Å². The van der Waals surface area contributed by atoms with Gasteiger partial charge >= 0.3 is 0 Å². The number of likely N-dealkylation sites (N-methyl/N-ethyl adjacent to an activating group) is 1. The van der Waals surface area contributed by atoms with E-state index in [1.165, 1.54) is 4.90 Å². The molecule has 1 heterocycles. The third-order valence-electron chi connectivity index (χ3n) is 2.94. The van der Waals surface area contributed by atoms with Crippen molar-refractivity contribution in [2.24, 2.45) is 0 Å². The first-order valence-electron chi connectivity index (χ1n) is 6.79. The summed E-state index contributed by atoms with van der Waals surface area (Å²) in [6.07, 6.45) is 2.83. The molecule has 2 aromatic rings. The average Bonchev–Trinajstić information content (AvgIpc) is 2.48. The first-order valence-corrected chi connectivity index (χ1v) is 8.57. The highest BCUT2D eigenvalue weighted by Crippen LogP contribution is 2.21. The molecule has 0 aliphatic rings. The highest BCUT2D eigenvalue weighted by atomic mass is 79.9. The highest BCUT2D eigenvalue weighted by molar-refractivity contribution is 9.10. The molecule has 0 radical (unpaired) electrons. The van der Waals surface area contributed by atoms with Gasteiger partial charge in [-0.25, -0.2) is 0 Å². The van der Waals surface area contributed by atoms with Crippen molar-refractivity contribution in [2.75, 3.05) is 12.3 Å². The van der Waals surface area contributed by atoms with E-state index in [4.69, 9.17) is 0 Å². The van der Waals surface area contributed by atoms with Gasteiger partial charge in [0.15, 0.2) is 0 Å². The largest absolute Gasteiger partial charge is 0.313 e. The molecule has 0 saturated carbocycles. The van der Waals surface area contributed by atoms with Gasteiger partial charge in [-0.05, 0) is 42.9 Å². The number of pyridine rings is 1. The minimum atomic E-state index is 0.448. The van der Waals surface area contributed by atoms with Crippen LogP contribution in [0.2, 0.25) is 0 Å². The summed E-state index contributed by atoms with van der Waals surface area (Å²) in [5.74, 6) is 1.05. The number of benzene rings is 1. The summed E-state index contributed by atoms with van der Waals surface area (Å²) in [6, 6.07) is 15.0. The number of aromatic nitrogens is 1. The first kappa shape index (κ1) is 15.5. The molecule has 1 unspecified atom stereocenters. The second kappa shape index (κ2) is 8.45. The summed E-state index contributed by atoms with van der Waals surface area (Å²) < 4.78 is 1.12. The Morgan fingerprint density at radius 3 is 2.65 bits per heavy atom. The molecule has 1 aromatic carbocycles. The lowest BCUT2D eigenvalue weighted by Gasteiger charge is -2.17. The predicted molar refractivity (Wildman–Crippen MR) is 90.3 cm³/mol. The van der Waals surface area contributed by atoms with Crippen molar-refractivity contribution >= 4 is 27.7 Å². The van der Waals surface area contributed by atoms with Crippen LogP contribution >= 0.6 is 27.7 Å². The van der Waals surface area contributed by atoms with Crippen LogP contribution in [0.5, 0.6) is 0 Å². The fourth-order valence-corrected chi connectivity index (χ4v) is 3.20. The van der Waals surface area contributed by atoms with Crippen LogP contribution in [0.25, 0.3) is 0 Å². The maximum absolute atomic E-state index is 4.41. The van der Waals surface area contributed by atoms with E-state index in [0.717, 1.165) is 28.9 Å². The van der Waals surface area contributed by atoms with Crippen LogP contribution in [0.4, 0.5) is 0 Å². The third-order valence-corrected chi connectivity index (χ3v) is 4.64. The van der Waals surface area contributed by atoms with Gasteiger partial charge in [-0.1, -0.05) is 28.9 Å². The average molecular weight is 351 g/mol. The van der Waals surface area contributed by atoms with Crippen molar-refractivity contribution in [2.45, 2.75) is 24.3 Å². The Balaban J connectivity index is 1.90. The molecular weight excluding hydrogens is 332 g/mol. The Kier molecular flexibility index (Phi) is 6.57. The SMILES string of the molecule is CCNC(CSc1ccc(Br)cc1)Cc1ccccn1. The van der Waals surface area contributed by atoms with Crippen molar-refractivity contribution in [1.29, 1.82) is 0 Å². The topological polar surface area (TPSA) is 24.9 Å². The quantitative estimate of drug-likeness (QED) is 0.759. The van der Waals surface area contributed by atoms with E-state index < -0.39 is 0 Å². The van der Waals surface area contributed by atoms with Crippen LogP contribution < -0.4 is 5.32 Å². The summed E-state index contributed by atoms with van der Waals surface area (Å²) in [7, 11) is 0. The maximum Gasteiger partial charge on any atom is 0.0419 e. The summed E-state index contributed by atoms with van der Waals surface area (Å²) in [5.41, 5.74) is 1.15. The molecule has 20 heavy (non-hydrogen) atoms. The number of halogens is 1. The summed E-state index contributed by atoms with van der Waals surface area (Å²) in [5, 5.41) is 3.54. The normalized spacial score (nSPS) is 12.3. The van der Waals surface area contributed by atoms with Crippen LogP contribution in [0.1, 0.15) is 12.6 Å². The zero-order valence-corrected chi connectivity index (χ0v) is 14.0. The zero-order chi connectivity index (χ0) is 14.2. The minimum Gasteiger partial charge on any atom is -0.313 e. The molecule has 1 aromatic heterocycles. The number of thioether (sulfide) groups is 1. The maximum atomic E-state index is 4.41. The molecule has 4 heteroatoms. The van der Waals surface area contributed by atoms with Crippen LogP contribution in [0, 0.1) is 0 Å². The van der Waals surface area contributed by atoms with E-state index in [2.05, 4.69) is 63.5 Å². The van der Waals surface area contributed by atoms with E-state index >= 15 is 0 Å². The Bertz CT molecular complexity index is 502. The number of nitrogens with one attached hydrogen (secondary N) is 1. The van der Waals surface area contributed by atoms with Crippen LogP contribution in [-0.2, 0) is 6.42 Å². The Morgan fingerprint density at radius 2 is 2.00 bits per heavy atom. The van der Waals surface area contributed by atoms with Gasteiger partial charge in [0, 0.05) is 39.5 Å². The second-order valence-electron chi connectivity index (χ2n) is 4.54. The van der Waals surface area contributed by atoms with Crippen molar-refractivity contribution < 1.29 is 0 Å². The zero-order valence-electron chi connectivity index (χ0n) is 11.6. The molecule has 2 nitrogen and oxygen atoms in total. The molecule has 0 bridgehead atoms. The molecule has 0 amide bonds. The lowest BCUT2D eigenvalue weighted by molar-refractivity contribution is 0.566. The van der Waals surface area contributed by atoms with Crippen molar-refractivity contribution in [3.05, 3.63) is 58.8 Å². The lowest BCUT2D eigenvalue weighted by Crippen LogP contribution is -2.33. The molecule has 1 atom stereocenters. The fourth-order valence-electron chi connectivity index (χ4n) is 1.98. The monoisotopic (exact) mass is 350 g/mol.